The summed E-state index contributed by atoms with van der Waals surface area (Å²) in [6.07, 6.45) is 3.08. The molecule has 2 aromatic rings. The Bertz CT molecular complexity index is 599. The molecule has 0 radical (unpaired) electrons. The van der Waals surface area contributed by atoms with Gasteiger partial charge in [-0.15, -0.1) is 10.2 Å². The molecule has 0 unspecified atom stereocenters. The number of nitrogens with one attached hydrogen (secondary N) is 2. The highest BCUT2D eigenvalue weighted by Gasteiger charge is 2.09. The van der Waals surface area contributed by atoms with Crippen LogP contribution in [-0.4, -0.2) is 39.2 Å². The summed E-state index contributed by atoms with van der Waals surface area (Å²) < 4.78 is 1.84. The Labute approximate surface area is 123 Å². The molecule has 0 saturated heterocycles. The van der Waals surface area contributed by atoms with E-state index in [2.05, 4.69) is 25.8 Å². The van der Waals surface area contributed by atoms with Crippen molar-refractivity contribution in [3.63, 3.8) is 0 Å². The van der Waals surface area contributed by atoms with Crippen LogP contribution in [0.1, 0.15) is 28.8 Å². The van der Waals surface area contributed by atoms with Crippen molar-refractivity contribution in [3.8, 4) is 0 Å². The lowest BCUT2D eigenvalue weighted by Crippen LogP contribution is -2.26. The monoisotopic (exact) mass is 288 g/mol. The molecule has 0 spiro atoms. The van der Waals surface area contributed by atoms with Crippen LogP contribution in [0.4, 0.5) is 5.82 Å². The van der Waals surface area contributed by atoms with E-state index in [-0.39, 0.29) is 5.91 Å². The summed E-state index contributed by atoms with van der Waals surface area (Å²) in [7, 11) is 3.67. The number of rotatable bonds is 6. The first-order chi connectivity index (χ1) is 10.1. The highest BCUT2D eigenvalue weighted by atomic mass is 16.1. The summed E-state index contributed by atoms with van der Waals surface area (Å²) in [6, 6.07) is 3.56. The maximum atomic E-state index is 12.2. The van der Waals surface area contributed by atoms with E-state index in [1.165, 1.54) is 0 Å². The minimum absolute atomic E-state index is 0.106. The zero-order valence-electron chi connectivity index (χ0n) is 12.6. The molecule has 2 N–H and O–H groups in total. The van der Waals surface area contributed by atoms with Crippen molar-refractivity contribution in [3.05, 3.63) is 35.5 Å². The number of carbonyl (C=O) groups is 1. The lowest BCUT2D eigenvalue weighted by atomic mass is 10.2. The second-order valence-corrected chi connectivity index (χ2v) is 4.70. The minimum Gasteiger partial charge on any atom is -0.373 e. The fourth-order valence-electron chi connectivity index (χ4n) is 1.95. The van der Waals surface area contributed by atoms with Gasteiger partial charge in [0.15, 0.2) is 0 Å². The molecule has 21 heavy (non-hydrogen) atoms. The van der Waals surface area contributed by atoms with Gasteiger partial charge in [0.1, 0.15) is 18.0 Å². The molecule has 7 heteroatoms. The molecule has 0 fully saturated rings. The SMILES string of the molecule is CCc1cc(C(=O)NCCc2nncn2C)cc(NC)n1. The fraction of sp³-hybridized carbons (Fsp3) is 0.429. The van der Waals surface area contributed by atoms with Crippen LogP contribution in [-0.2, 0) is 19.9 Å². The van der Waals surface area contributed by atoms with E-state index in [0.29, 0.717) is 24.3 Å². The van der Waals surface area contributed by atoms with Crippen LogP contribution in [0.2, 0.25) is 0 Å². The van der Waals surface area contributed by atoms with Crippen molar-refractivity contribution in [1.82, 2.24) is 25.1 Å². The van der Waals surface area contributed by atoms with Crippen molar-refractivity contribution < 1.29 is 4.79 Å². The molecule has 7 nitrogen and oxygen atoms in total. The van der Waals surface area contributed by atoms with Crippen molar-refractivity contribution in [1.29, 1.82) is 0 Å². The van der Waals surface area contributed by atoms with Crippen molar-refractivity contribution >= 4 is 11.7 Å². The predicted molar refractivity (Wildman–Crippen MR) is 80.2 cm³/mol. The number of hydrogen-bond acceptors (Lipinski definition) is 5. The molecule has 112 valence electrons. The summed E-state index contributed by atoms with van der Waals surface area (Å²) in [5.74, 6) is 1.44. The van der Waals surface area contributed by atoms with E-state index in [1.807, 2.05) is 24.6 Å². The van der Waals surface area contributed by atoms with Crippen LogP contribution in [0.5, 0.6) is 0 Å². The minimum atomic E-state index is -0.106. The van der Waals surface area contributed by atoms with Crippen LogP contribution in [0.15, 0.2) is 18.5 Å². The maximum absolute atomic E-state index is 12.2. The Morgan fingerprint density at radius 2 is 2.19 bits per heavy atom. The number of pyridine rings is 1. The first kappa shape index (κ1) is 15.0. The van der Waals surface area contributed by atoms with Gasteiger partial charge in [0.05, 0.1) is 0 Å². The molecule has 2 aromatic heterocycles. The number of nitrogens with zero attached hydrogens (tertiary/aromatic N) is 4. The first-order valence-electron chi connectivity index (χ1n) is 6.93. The van der Waals surface area contributed by atoms with Gasteiger partial charge < -0.3 is 15.2 Å². The van der Waals surface area contributed by atoms with Gasteiger partial charge in [0.2, 0.25) is 0 Å². The van der Waals surface area contributed by atoms with E-state index in [9.17, 15) is 4.79 Å². The second-order valence-electron chi connectivity index (χ2n) is 4.70. The average molecular weight is 288 g/mol. The van der Waals surface area contributed by atoms with Gasteiger partial charge in [0.25, 0.3) is 5.91 Å². The molecular weight excluding hydrogens is 268 g/mol. The van der Waals surface area contributed by atoms with E-state index < -0.39 is 0 Å². The molecular formula is C14H20N6O. The molecule has 0 aliphatic rings. The summed E-state index contributed by atoms with van der Waals surface area (Å²) >= 11 is 0. The van der Waals surface area contributed by atoms with E-state index in [1.54, 1.807) is 19.4 Å². The molecule has 0 aliphatic carbocycles. The number of hydrogen-bond donors (Lipinski definition) is 2. The third kappa shape index (κ3) is 3.77. The number of amides is 1. The Morgan fingerprint density at radius 3 is 2.81 bits per heavy atom. The Hall–Kier alpha value is -2.44. The largest absolute Gasteiger partial charge is 0.373 e. The van der Waals surface area contributed by atoms with Crippen molar-refractivity contribution in [2.75, 3.05) is 18.9 Å². The normalized spacial score (nSPS) is 10.4. The van der Waals surface area contributed by atoms with Gasteiger partial charge in [-0.25, -0.2) is 4.98 Å². The topological polar surface area (TPSA) is 84.7 Å². The second kappa shape index (κ2) is 6.83. The maximum Gasteiger partial charge on any atom is 0.251 e. The lowest BCUT2D eigenvalue weighted by molar-refractivity contribution is 0.0953. The molecule has 0 aromatic carbocycles. The summed E-state index contributed by atoms with van der Waals surface area (Å²) in [5, 5.41) is 13.7. The highest BCUT2D eigenvalue weighted by Crippen LogP contribution is 2.10. The Kier molecular flexibility index (Phi) is 4.86. The average Bonchev–Trinajstić information content (AvgIpc) is 2.92. The molecule has 2 rings (SSSR count). The Morgan fingerprint density at radius 1 is 1.38 bits per heavy atom. The summed E-state index contributed by atoms with van der Waals surface area (Å²) in [4.78, 5) is 16.6. The van der Waals surface area contributed by atoms with E-state index >= 15 is 0 Å². The number of aryl methyl sites for hydroxylation is 2. The van der Waals surface area contributed by atoms with Crippen LogP contribution < -0.4 is 10.6 Å². The van der Waals surface area contributed by atoms with Gasteiger partial charge in [0, 0.05) is 38.3 Å². The van der Waals surface area contributed by atoms with Gasteiger partial charge in [-0.3, -0.25) is 4.79 Å². The smallest absolute Gasteiger partial charge is 0.251 e. The highest BCUT2D eigenvalue weighted by molar-refractivity contribution is 5.95. The third-order valence-corrected chi connectivity index (χ3v) is 3.20. The standard InChI is InChI=1S/C14H20N6O/c1-4-11-7-10(8-12(15-2)18-11)14(21)16-6-5-13-19-17-9-20(13)3/h7-9H,4-6H2,1-3H3,(H,15,18)(H,16,21). The quantitative estimate of drug-likeness (QED) is 0.821. The third-order valence-electron chi connectivity index (χ3n) is 3.20. The van der Waals surface area contributed by atoms with Crippen LogP contribution in [0.3, 0.4) is 0 Å². The number of anilines is 1. The van der Waals surface area contributed by atoms with Gasteiger partial charge >= 0.3 is 0 Å². The molecule has 0 saturated carbocycles. The fourth-order valence-corrected chi connectivity index (χ4v) is 1.95. The van der Waals surface area contributed by atoms with Crippen molar-refractivity contribution in [2.24, 2.45) is 7.05 Å². The number of aromatic nitrogens is 4. The lowest BCUT2D eigenvalue weighted by Gasteiger charge is -2.08. The molecule has 0 bridgehead atoms. The van der Waals surface area contributed by atoms with E-state index in [4.69, 9.17) is 0 Å². The summed E-state index contributed by atoms with van der Waals surface area (Å²) in [6.45, 7) is 2.53. The molecule has 0 atom stereocenters. The van der Waals surface area contributed by atoms with E-state index in [0.717, 1.165) is 17.9 Å². The van der Waals surface area contributed by atoms with Crippen molar-refractivity contribution in [2.45, 2.75) is 19.8 Å². The zero-order chi connectivity index (χ0) is 15.2. The Balaban J connectivity index is 1.98. The number of carbonyl (C=O) groups excluding carboxylic acids is 1. The molecule has 2 heterocycles. The van der Waals surface area contributed by atoms with Crippen LogP contribution in [0, 0.1) is 0 Å². The zero-order valence-corrected chi connectivity index (χ0v) is 12.6. The van der Waals surface area contributed by atoms with Gasteiger partial charge in [-0.2, -0.15) is 0 Å². The molecule has 1 amide bonds. The van der Waals surface area contributed by atoms with Gasteiger partial charge in [-0.1, -0.05) is 6.92 Å². The molecule has 0 aliphatic heterocycles. The van der Waals surface area contributed by atoms with Gasteiger partial charge in [-0.05, 0) is 18.6 Å². The first-order valence-corrected chi connectivity index (χ1v) is 6.93. The van der Waals surface area contributed by atoms with Crippen LogP contribution >= 0.6 is 0 Å². The van der Waals surface area contributed by atoms with Crippen LogP contribution in [0.25, 0.3) is 0 Å². The summed E-state index contributed by atoms with van der Waals surface area (Å²) in [5.41, 5.74) is 1.50. The predicted octanol–water partition coefficient (Wildman–Crippen LogP) is 0.787.